The molecule has 0 aromatic carbocycles. The smallest absolute Gasteiger partial charge is 0.303 e. The first-order chi connectivity index (χ1) is 18.5. The first-order valence-electron chi connectivity index (χ1n) is 13.5. The normalized spacial score (nSPS) is 39.5. The van der Waals surface area contributed by atoms with Crippen LogP contribution in [0.1, 0.15) is 67.7 Å². The lowest BCUT2D eigenvalue weighted by Crippen LogP contribution is -2.66. The van der Waals surface area contributed by atoms with E-state index >= 15 is 0 Å². The van der Waals surface area contributed by atoms with E-state index in [1.165, 1.54) is 6.92 Å². The minimum Gasteiger partial charge on any atom is -0.463 e. The Labute approximate surface area is 232 Å². The Morgan fingerprint density at radius 2 is 1.50 bits per heavy atom. The topological polar surface area (TPSA) is 161 Å². The van der Waals surface area contributed by atoms with Gasteiger partial charge in [-0.3, -0.25) is 24.0 Å². The summed E-state index contributed by atoms with van der Waals surface area (Å²) in [6.45, 7) is 9.50. The molecule has 222 valence electrons. The highest BCUT2D eigenvalue weighted by Crippen LogP contribution is 2.68. The Kier molecular flexibility index (Phi) is 7.94. The monoisotopic (exact) mass is 566 g/mol. The van der Waals surface area contributed by atoms with Gasteiger partial charge in [-0.05, 0) is 33.1 Å². The van der Waals surface area contributed by atoms with Gasteiger partial charge in [0.15, 0.2) is 24.6 Å². The minimum atomic E-state index is -1.46. The summed E-state index contributed by atoms with van der Waals surface area (Å²) < 4.78 is 34.4. The van der Waals surface area contributed by atoms with Gasteiger partial charge in [0, 0.05) is 39.0 Å². The second kappa shape index (κ2) is 10.5. The van der Waals surface area contributed by atoms with Crippen LogP contribution in [0.4, 0.5) is 0 Å². The summed E-state index contributed by atoms with van der Waals surface area (Å²) in [6.07, 6.45) is -3.29. The van der Waals surface area contributed by atoms with Crippen molar-refractivity contribution in [2.75, 3.05) is 6.61 Å². The van der Waals surface area contributed by atoms with Crippen molar-refractivity contribution in [1.82, 2.24) is 0 Å². The van der Waals surface area contributed by atoms with Gasteiger partial charge in [0.25, 0.3) is 0 Å². The van der Waals surface area contributed by atoms with E-state index in [9.17, 15) is 29.1 Å². The van der Waals surface area contributed by atoms with Gasteiger partial charge in [-0.15, -0.1) is 0 Å². The first kappa shape index (κ1) is 30.1. The van der Waals surface area contributed by atoms with E-state index in [-0.39, 0.29) is 12.2 Å². The first-order valence-corrected chi connectivity index (χ1v) is 13.5. The lowest BCUT2D eigenvalue weighted by atomic mass is 9.61. The van der Waals surface area contributed by atoms with Gasteiger partial charge in [0.2, 0.25) is 0 Å². The van der Waals surface area contributed by atoms with Crippen LogP contribution in [-0.4, -0.2) is 83.3 Å². The molecule has 0 aromatic heterocycles. The van der Waals surface area contributed by atoms with Crippen LogP contribution in [0.3, 0.4) is 0 Å². The lowest BCUT2D eigenvalue weighted by molar-refractivity contribution is -0.333. The average molecular weight is 567 g/mol. The zero-order chi connectivity index (χ0) is 29.8. The molecule has 0 aromatic rings. The van der Waals surface area contributed by atoms with Crippen LogP contribution in [0.2, 0.25) is 0 Å². The number of hydrogen-bond donors (Lipinski definition) is 1. The summed E-state index contributed by atoms with van der Waals surface area (Å²) in [5.41, 5.74) is -2.43. The molecule has 1 saturated heterocycles. The third kappa shape index (κ3) is 5.16. The molecule has 0 amide bonds. The number of rotatable bonds is 7. The number of carbonyl (C=O) groups is 5. The number of esters is 4. The van der Waals surface area contributed by atoms with E-state index in [1.807, 2.05) is 13.0 Å². The van der Waals surface area contributed by atoms with Crippen molar-refractivity contribution in [2.24, 2.45) is 17.3 Å². The van der Waals surface area contributed by atoms with Crippen LogP contribution in [0.25, 0.3) is 0 Å². The number of hydrogen-bond acceptors (Lipinski definition) is 12. The van der Waals surface area contributed by atoms with E-state index < -0.39 is 89.6 Å². The van der Waals surface area contributed by atoms with Crippen LogP contribution in [0, 0.1) is 17.3 Å². The molecule has 4 aliphatic rings. The van der Waals surface area contributed by atoms with Crippen LogP contribution >= 0.6 is 0 Å². The number of aliphatic hydroxyl groups is 1. The molecular formula is C28H38O12. The Bertz CT molecular complexity index is 1120. The molecule has 12 heteroatoms. The average Bonchev–Trinajstić information content (AvgIpc) is 3.58. The van der Waals surface area contributed by atoms with Crippen molar-refractivity contribution in [3.05, 3.63) is 11.6 Å². The van der Waals surface area contributed by atoms with E-state index in [0.717, 1.165) is 39.2 Å². The molecule has 1 aliphatic heterocycles. The highest BCUT2D eigenvalue weighted by molar-refractivity contribution is 5.89. The Morgan fingerprint density at radius 1 is 0.950 bits per heavy atom. The summed E-state index contributed by atoms with van der Waals surface area (Å²) in [6, 6.07) is 0. The molecule has 2 saturated carbocycles. The minimum absolute atomic E-state index is 0.161. The number of Topliss-reactive ketones (excluding diaryl/α,β-unsaturated/α-hetero) is 1. The number of carbonyl (C=O) groups excluding carboxylic acids is 5. The van der Waals surface area contributed by atoms with Gasteiger partial charge in [0.05, 0.1) is 11.5 Å². The molecular weight excluding hydrogens is 528 g/mol. The summed E-state index contributed by atoms with van der Waals surface area (Å²) in [5, 5.41) is 11.9. The molecule has 3 fully saturated rings. The summed E-state index contributed by atoms with van der Waals surface area (Å²) >= 11 is 0. The van der Waals surface area contributed by atoms with E-state index in [0.29, 0.717) is 0 Å². The van der Waals surface area contributed by atoms with E-state index in [4.69, 9.17) is 28.4 Å². The summed E-state index contributed by atoms with van der Waals surface area (Å²) in [7, 11) is 0. The van der Waals surface area contributed by atoms with Crippen molar-refractivity contribution in [3.63, 3.8) is 0 Å². The van der Waals surface area contributed by atoms with Crippen molar-refractivity contribution >= 4 is 29.7 Å². The maximum absolute atomic E-state index is 13.5. The quantitative estimate of drug-likeness (QED) is 0.269. The summed E-state index contributed by atoms with van der Waals surface area (Å²) in [4.78, 5) is 61.6. The van der Waals surface area contributed by atoms with Gasteiger partial charge >= 0.3 is 23.9 Å². The highest BCUT2D eigenvalue weighted by Gasteiger charge is 2.72. The third-order valence-corrected chi connectivity index (χ3v) is 8.66. The predicted octanol–water partition coefficient (Wildman–Crippen LogP) is 1.54. The van der Waals surface area contributed by atoms with Gasteiger partial charge in [-0.2, -0.15) is 0 Å². The van der Waals surface area contributed by atoms with Crippen LogP contribution in [-0.2, 0) is 52.4 Å². The van der Waals surface area contributed by atoms with E-state index in [2.05, 4.69) is 0 Å². The third-order valence-electron chi connectivity index (χ3n) is 8.66. The molecule has 1 heterocycles. The maximum atomic E-state index is 13.5. The Morgan fingerprint density at radius 3 is 2.02 bits per heavy atom. The molecule has 40 heavy (non-hydrogen) atoms. The fourth-order valence-corrected chi connectivity index (χ4v) is 6.97. The van der Waals surface area contributed by atoms with Crippen molar-refractivity contribution < 1.29 is 57.5 Å². The van der Waals surface area contributed by atoms with Crippen molar-refractivity contribution in [3.8, 4) is 0 Å². The van der Waals surface area contributed by atoms with Crippen LogP contribution in [0.15, 0.2) is 11.6 Å². The van der Waals surface area contributed by atoms with Crippen LogP contribution < -0.4 is 0 Å². The fraction of sp³-hybridized carbons (Fsp3) is 0.750. The largest absolute Gasteiger partial charge is 0.463 e. The van der Waals surface area contributed by atoms with Gasteiger partial charge in [0.1, 0.15) is 24.1 Å². The molecule has 9 atom stereocenters. The lowest BCUT2D eigenvalue weighted by Gasteiger charge is -2.52. The Balaban J connectivity index is 1.80. The maximum Gasteiger partial charge on any atom is 0.303 e. The second-order valence-corrected chi connectivity index (χ2v) is 11.6. The highest BCUT2D eigenvalue weighted by atomic mass is 16.7. The predicted molar refractivity (Wildman–Crippen MR) is 134 cm³/mol. The zero-order valence-electron chi connectivity index (χ0n) is 23.9. The standard InChI is InChI=1S/C28H38O12/c1-13-10-28(11-14(2)27(8-9-27)26(7,34)24(28)20(13)33)40-25-23(38-18(6)32)22(37-17(5)31)21(36-16(4)30)19(39-25)12-35-15(3)29/h11,13,19,21-25,34H,8-10,12H2,1-7H3. The zero-order valence-corrected chi connectivity index (χ0v) is 23.9. The second-order valence-electron chi connectivity index (χ2n) is 11.6. The molecule has 0 bridgehead atoms. The molecule has 1 spiro atoms. The number of fused-ring (bicyclic) bond motifs is 1. The number of ether oxygens (including phenoxy) is 6. The molecule has 1 N–H and O–H groups in total. The van der Waals surface area contributed by atoms with Gasteiger partial charge < -0.3 is 33.5 Å². The molecule has 4 rings (SSSR count). The van der Waals surface area contributed by atoms with E-state index in [1.54, 1.807) is 13.8 Å². The van der Waals surface area contributed by atoms with Crippen molar-refractivity contribution in [1.29, 1.82) is 0 Å². The van der Waals surface area contributed by atoms with Gasteiger partial charge in [-0.1, -0.05) is 18.6 Å². The van der Waals surface area contributed by atoms with Gasteiger partial charge in [-0.25, -0.2) is 0 Å². The fourth-order valence-electron chi connectivity index (χ4n) is 6.97. The molecule has 3 aliphatic carbocycles. The van der Waals surface area contributed by atoms with Crippen molar-refractivity contribution in [2.45, 2.75) is 110 Å². The molecule has 0 radical (unpaired) electrons. The number of ketones is 1. The SMILES string of the molecule is CC(=O)OCC1OC(OC23C=C(C)C4(CC4)C(C)(O)C2C(=O)C(C)C3)C(OC(C)=O)C(OC(C)=O)C1OC(C)=O. The summed E-state index contributed by atoms with van der Waals surface area (Å²) in [5.74, 6) is -4.48. The molecule has 12 nitrogen and oxygen atoms in total. The Hall–Kier alpha value is -2.83. The molecule has 9 unspecified atom stereocenters. The van der Waals surface area contributed by atoms with Crippen LogP contribution in [0.5, 0.6) is 0 Å².